The summed E-state index contributed by atoms with van der Waals surface area (Å²) < 4.78 is -1.92. The Kier molecular flexibility index (Phi) is 3.35. The Labute approximate surface area is 114 Å². The van der Waals surface area contributed by atoms with Crippen LogP contribution < -0.4 is 0 Å². The average molecular weight is 288 g/mol. The Bertz CT molecular complexity index is 585. The first kappa shape index (κ1) is 12.7. The molecule has 2 rings (SSSR count). The molecular formula is C13H9Cl3O. The van der Waals surface area contributed by atoms with Gasteiger partial charge >= 0.3 is 0 Å². The minimum absolute atomic E-state index is 0.475. The first-order valence-corrected chi connectivity index (χ1v) is 6.14. The fourth-order valence-corrected chi connectivity index (χ4v) is 2.11. The Balaban J connectivity index is 2.76. The van der Waals surface area contributed by atoms with Gasteiger partial charge in [0, 0.05) is 5.56 Å². The van der Waals surface area contributed by atoms with Crippen LogP contribution in [0.25, 0.3) is 10.8 Å². The molecule has 88 valence electrons. The summed E-state index contributed by atoms with van der Waals surface area (Å²) in [6, 6.07) is 11.3. The number of carbonyl (C=O) groups is 1. The number of benzene rings is 2. The third kappa shape index (κ3) is 2.42. The lowest BCUT2D eigenvalue weighted by atomic mass is 9.97. The molecule has 1 nitrogen and oxygen atoms in total. The van der Waals surface area contributed by atoms with Crippen molar-refractivity contribution < 1.29 is 4.79 Å². The zero-order valence-electron chi connectivity index (χ0n) is 9.01. The number of carbonyl (C=O) groups excluding carboxylic acids is 1. The number of rotatable bonds is 1. The zero-order valence-corrected chi connectivity index (χ0v) is 11.3. The summed E-state index contributed by atoms with van der Waals surface area (Å²) in [5.74, 6) is -0.489. The van der Waals surface area contributed by atoms with Crippen LogP contribution in [0.4, 0.5) is 0 Å². The molecule has 0 bridgehead atoms. The van der Waals surface area contributed by atoms with Crippen molar-refractivity contribution in [1.82, 2.24) is 0 Å². The van der Waals surface area contributed by atoms with Gasteiger partial charge in [0.1, 0.15) is 0 Å². The molecule has 0 aliphatic rings. The summed E-state index contributed by atoms with van der Waals surface area (Å²) >= 11 is 17.0. The van der Waals surface area contributed by atoms with Crippen molar-refractivity contribution in [2.45, 2.75) is 10.7 Å². The van der Waals surface area contributed by atoms with Crippen molar-refractivity contribution in [3.05, 3.63) is 47.5 Å². The number of hydrogen-bond donors (Lipinski definition) is 0. The number of alkyl halides is 3. The highest BCUT2D eigenvalue weighted by Gasteiger charge is 2.33. The Morgan fingerprint density at radius 3 is 2.35 bits per heavy atom. The molecule has 0 amide bonds. The summed E-state index contributed by atoms with van der Waals surface area (Å²) in [4.78, 5) is 12.1. The molecule has 0 aliphatic heterocycles. The molecule has 0 spiro atoms. The molecule has 0 aliphatic carbocycles. The molecule has 0 fully saturated rings. The van der Waals surface area contributed by atoms with Crippen LogP contribution in [0.15, 0.2) is 36.4 Å². The molecule has 2 aromatic carbocycles. The van der Waals surface area contributed by atoms with Crippen LogP contribution in [0.1, 0.15) is 15.9 Å². The van der Waals surface area contributed by atoms with Gasteiger partial charge in [0.05, 0.1) is 0 Å². The lowest BCUT2D eigenvalue weighted by Gasteiger charge is -2.14. The normalized spacial score (nSPS) is 11.8. The van der Waals surface area contributed by atoms with E-state index in [1.54, 1.807) is 0 Å². The molecule has 0 N–H and O–H groups in total. The molecule has 17 heavy (non-hydrogen) atoms. The van der Waals surface area contributed by atoms with E-state index in [0.717, 1.165) is 16.3 Å². The molecular weight excluding hydrogens is 279 g/mol. The zero-order chi connectivity index (χ0) is 12.6. The third-order valence-corrected chi connectivity index (χ3v) is 3.14. The minimum atomic E-state index is -1.92. The Morgan fingerprint density at radius 1 is 1.06 bits per heavy atom. The van der Waals surface area contributed by atoms with Crippen LogP contribution in [-0.2, 0) is 0 Å². The third-order valence-electron chi connectivity index (χ3n) is 2.62. The van der Waals surface area contributed by atoms with Crippen LogP contribution in [0.5, 0.6) is 0 Å². The number of halogens is 3. The summed E-state index contributed by atoms with van der Waals surface area (Å²) in [7, 11) is 0. The molecule has 0 saturated heterocycles. The number of hydrogen-bond acceptors (Lipinski definition) is 1. The molecule has 0 aromatic heterocycles. The first-order valence-electron chi connectivity index (χ1n) is 5.01. The highest BCUT2D eigenvalue weighted by molar-refractivity contribution is 6.77. The highest BCUT2D eigenvalue weighted by atomic mass is 35.6. The van der Waals surface area contributed by atoms with Gasteiger partial charge in [0.25, 0.3) is 3.79 Å². The molecule has 0 radical (unpaired) electrons. The molecule has 0 atom stereocenters. The quantitative estimate of drug-likeness (QED) is 0.549. The molecule has 0 saturated carbocycles. The summed E-state index contributed by atoms with van der Waals surface area (Å²) in [6.45, 7) is 1.83. The molecule has 0 unspecified atom stereocenters. The van der Waals surface area contributed by atoms with E-state index in [9.17, 15) is 4.79 Å². The topological polar surface area (TPSA) is 17.1 Å². The fraction of sp³-hybridized carbons (Fsp3) is 0.154. The minimum Gasteiger partial charge on any atom is -0.289 e. The monoisotopic (exact) mass is 286 g/mol. The number of ketones is 1. The van der Waals surface area contributed by atoms with Crippen molar-refractivity contribution in [3.63, 3.8) is 0 Å². The van der Waals surface area contributed by atoms with Crippen molar-refractivity contribution in [1.29, 1.82) is 0 Å². The van der Waals surface area contributed by atoms with Crippen LogP contribution in [0, 0.1) is 6.92 Å². The second kappa shape index (κ2) is 4.49. The first-order chi connectivity index (χ1) is 7.91. The van der Waals surface area contributed by atoms with Gasteiger partial charge in [0.15, 0.2) is 0 Å². The lowest BCUT2D eigenvalue weighted by molar-refractivity contribution is 0.0997. The molecule has 4 heteroatoms. The van der Waals surface area contributed by atoms with E-state index in [1.165, 1.54) is 0 Å². The Hall–Kier alpha value is -0.760. The van der Waals surface area contributed by atoms with Crippen LogP contribution >= 0.6 is 34.8 Å². The standard InChI is InChI=1S/C13H9Cl3O/c1-8-6-7-9-4-2-3-5-10(9)11(8)12(17)13(14,15)16/h2-7H,1H3. The number of fused-ring (bicyclic) bond motifs is 1. The second-order valence-corrected chi connectivity index (χ2v) is 6.09. The SMILES string of the molecule is Cc1ccc2ccccc2c1C(=O)C(Cl)(Cl)Cl. The van der Waals surface area contributed by atoms with E-state index in [0.29, 0.717) is 5.56 Å². The van der Waals surface area contributed by atoms with E-state index >= 15 is 0 Å². The lowest BCUT2D eigenvalue weighted by Crippen LogP contribution is -2.20. The smallest absolute Gasteiger partial charge is 0.253 e. The van der Waals surface area contributed by atoms with Crippen LogP contribution in [0.2, 0.25) is 0 Å². The number of aryl methyl sites for hydroxylation is 1. The van der Waals surface area contributed by atoms with E-state index in [1.807, 2.05) is 43.3 Å². The van der Waals surface area contributed by atoms with Gasteiger partial charge < -0.3 is 0 Å². The van der Waals surface area contributed by atoms with Crippen LogP contribution in [-0.4, -0.2) is 9.58 Å². The maximum Gasteiger partial charge on any atom is 0.253 e. The van der Waals surface area contributed by atoms with E-state index in [-0.39, 0.29) is 0 Å². The maximum atomic E-state index is 12.1. The summed E-state index contributed by atoms with van der Waals surface area (Å²) in [5.41, 5.74) is 1.28. The van der Waals surface area contributed by atoms with Crippen molar-refractivity contribution >= 4 is 51.4 Å². The largest absolute Gasteiger partial charge is 0.289 e. The maximum absolute atomic E-state index is 12.1. The molecule has 0 heterocycles. The average Bonchev–Trinajstić information content (AvgIpc) is 2.27. The van der Waals surface area contributed by atoms with Crippen LogP contribution in [0.3, 0.4) is 0 Å². The fourth-order valence-electron chi connectivity index (χ4n) is 1.82. The van der Waals surface area contributed by atoms with Gasteiger partial charge in [-0.05, 0) is 23.3 Å². The van der Waals surface area contributed by atoms with E-state index < -0.39 is 9.58 Å². The van der Waals surface area contributed by atoms with Crippen molar-refractivity contribution in [2.24, 2.45) is 0 Å². The van der Waals surface area contributed by atoms with Gasteiger partial charge in [-0.25, -0.2) is 0 Å². The Morgan fingerprint density at radius 2 is 1.71 bits per heavy atom. The number of Topliss-reactive ketones (excluding diaryl/α,β-unsaturated/α-hetero) is 1. The predicted octanol–water partition coefficient (Wildman–Crippen LogP) is 4.70. The highest BCUT2D eigenvalue weighted by Crippen LogP contribution is 2.34. The van der Waals surface area contributed by atoms with Crippen molar-refractivity contribution in [2.75, 3.05) is 0 Å². The van der Waals surface area contributed by atoms with E-state index in [4.69, 9.17) is 34.8 Å². The van der Waals surface area contributed by atoms with E-state index in [2.05, 4.69) is 0 Å². The summed E-state index contributed by atoms with van der Waals surface area (Å²) in [6.07, 6.45) is 0. The van der Waals surface area contributed by atoms with Gasteiger partial charge in [-0.3, -0.25) is 4.79 Å². The van der Waals surface area contributed by atoms with Gasteiger partial charge in [-0.2, -0.15) is 0 Å². The summed E-state index contributed by atoms with van der Waals surface area (Å²) in [5, 5.41) is 1.76. The molecule has 2 aromatic rings. The van der Waals surface area contributed by atoms with Gasteiger partial charge in [0.2, 0.25) is 5.78 Å². The van der Waals surface area contributed by atoms with Gasteiger partial charge in [-0.15, -0.1) is 0 Å². The predicted molar refractivity (Wildman–Crippen MR) is 73.3 cm³/mol. The van der Waals surface area contributed by atoms with Gasteiger partial charge in [-0.1, -0.05) is 71.2 Å². The van der Waals surface area contributed by atoms with Crippen molar-refractivity contribution in [3.8, 4) is 0 Å². The second-order valence-electron chi connectivity index (χ2n) is 3.81.